The minimum atomic E-state index is 0.140. The fraction of sp³-hybridized carbons (Fsp3) is 0.600. The molecule has 100 valence electrons. The van der Waals surface area contributed by atoms with Gasteiger partial charge in [-0.2, -0.15) is 0 Å². The Bertz CT molecular complexity index is 357. The number of benzene rings is 1. The predicted octanol–water partition coefficient (Wildman–Crippen LogP) is 5.37. The van der Waals surface area contributed by atoms with E-state index in [1.807, 2.05) is 12.1 Å². The van der Waals surface area contributed by atoms with Gasteiger partial charge in [0, 0.05) is 10.4 Å². The van der Waals surface area contributed by atoms with Crippen molar-refractivity contribution in [2.75, 3.05) is 5.33 Å². The molecule has 0 N–H and O–H groups in total. The highest BCUT2D eigenvalue weighted by molar-refractivity contribution is 9.09. The summed E-state index contributed by atoms with van der Waals surface area (Å²) in [4.78, 5) is 0. The minimum absolute atomic E-state index is 0.140. The Hall–Kier alpha value is -0.0500. The summed E-state index contributed by atoms with van der Waals surface area (Å²) in [6, 6.07) is 7.97. The first kappa shape index (κ1) is 14.4. The van der Waals surface area contributed by atoms with Crippen LogP contribution in [0.5, 0.6) is 0 Å². The van der Waals surface area contributed by atoms with Crippen molar-refractivity contribution in [2.24, 2.45) is 5.92 Å². The van der Waals surface area contributed by atoms with Gasteiger partial charge < -0.3 is 4.74 Å². The van der Waals surface area contributed by atoms with E-state index < -0.39 is 0 Å². The van der Waals surface area contributed by atoms with Crippen molar-refractivity contribution >= 4 is 27.5 Å². The van der Waals surface area contributed by atoms with E-state index in [2.05, 4.69) is 35.0 Å². The van der Waals surface area contributed by atoms with Crippen LogP contribution in [0.2, 0.25) is 5.02 Å². The standard InChI is InChI=1S/C15H20BrClO/c1-11-2-8-14(9-3-11)18-15(10-16)12-4-6-13(17)7-5-12/h4-7,11,14-15H,2-3,8-10H2,1H3. The molecule has 0 aromatic heterocycles. The molecule has 3 heteroatoms. The maximum atomic E-state index is 6.22. The summed E-state index contributed by atoms with van der Waals surface area (Å²) in [5, 5.41) is 1.61. The molecule has 1 unspecified atom stereocenters. The van der Waals surface area contributed by atoms with Crippen LogP contribution in [-0.2, 0) is 4.74 Å². The maximum Gasteiger partial charge on any atom is 0.0925 e. The monoisotopic (exact) mass is 330 g/mol. The van der Waals surface area contributed by atoms with Gasteiger partial charge in [-0.15, -0.1) is 0 Å². The summed E-state index contributed by atoms with van der Waals surface area (Å²) in [7, 11) is 0. The molecule has 0 heterocycles. The van der Waals surface area contributed by atoms with Gasteiger partial charge in [0.15, 0.2) is 0 Å². The molecular formula is C15H20BrClO. The van der Waals surface area contributed by atoms with Crippen LogP contribution >= 0.6 is 27.5 Å². The van der Waals surface area contributed by atoms with Gasteiger partial charge >= 0.3 is 0 Å². The first-order valence-corrected chi connectivity index (χ1v) is 8.16. The molecular weight excluding hydrogens is 312 g/mol. The highest BCUT2D eigenvalue weighted by atomic mass is 79.9. The molecule has 1 aromatic rings. The average Bonchev–Trinajstić information content (AvgIpc) is 2.39. The molecule has 0 bridgehead atoms. The Morgan fingerprint density at radius 2 is 1.83 bits per heavy atom. The van der Waals surface area contributed by atoms with E-state index in [-0.39, 0.29) is 6.10 Å². The zero-order chi connectivity index (χ0) is 13.0. The van der Waals surface area contributed by atoms with Crippen molar-refractivity contribution in [1.82, 2.24) is 0 Å². The lowest BCUT2D eigenvalue weighted by Crippen LogP contribution is -2.23. The Labute approximate surface area is 123 Å². The third-order valence-electron chi connectivity index (χ3n) is 3.70. The number of rotatable bonds is 4. The highest BCUT2D eigenvalue weighted by Crippen LogP contribution is 2.31. The van der Waals surface area contributed by atoms with E-state index in [4.69, 9.17) is 16.3 Å². The van der Waals surface area contributed by atoms with Gasteiger partial charge in [-0.05, 0) is 49.3 Å². The molecule has 2 rings (SSSR count). The molecule has 18 heavy (non-hydrogen) atoms. The quantitative estimate of drug-likeness (QED) is 0.674. The predicted molar refractivity (Wildman–Crippen MR) is 80.5 cm³/mol. The summed E-state index contributed by atoms with van der Waals surface area (Å²) in [6.07, 6.45) is 5.52. The second kappa shape index (κ2) is 6.93. The summed E-state index contributed by atoms with van der Waals surface area (Å²) < 4.78 is 6.22. The summed E-state index contributed by atoms with van der Waals surface area (Å²) in [6.45, 7) is 2.33. The zero-order valence-corrected chi connectivity index (χ0v) is 13.1. The molecule has 1 aliphatic rings. The Balaban J connectivity index is 1.94. The normalized spacial score (nSPS) is 25.9. The highest BCUT2D eigenvalue weighted by Gasteiger charge is 2.22. The second-order valence-electron chi connectivity index (χ2n) is 5.21. The molecule has 0 aliphatic heterocycles. The first-order chi connectivity index (χ1) is 8.69. The van der Waals surface area contributed by atoms with E-state index in [0.717, 1.165) is 16.3 Å². The molecule has 0 saturated heterocycles. The van der Waals surface area contributed by atoms with E-state index in [1.165, 1.54) is 31.2 Å². The minimum Gasteiger partial charge on any atom is -0.369 e. The lowest BCUT2D eigenvalue weighted by Gasteiger charge is -2.29. The number of alkyl halides is 1. The Morgan fingerprint density at radius 1 is 1.22 bits per heavy atom. The van der Waals surface area contributed by atoms with Crippen LogP contribution in [0.25, 0.3) is 0 Å². The van der Waals surface area contributed by atoms with Crippen LogP contribution in [0.1, 0.15) is 44.3 Å². The average molecular weight is 332 g/mol. The zero-order valence-electron chi connectivity index (χ0n) is 10.7. The van der Waals surface area contributed by atoms with Crippen molar-refractivity contribution < 1.29 is 4.74 Å². The SMILES string of the molecule is CC1CCC(OC(CBr)c2ccc(Cl)cc2)CC1. The van der Waals surface area contributed by atoms with Crippen LogP contribution in [0, 0.1) is 5.92 Å². The number of halogens is 2. The lowest BCUT2D eigenvalue weighted by molar-refractivity contribution is -0.0255. The molecule has 1 aliphatic carbocycles. The topological polar surface area (TPSA) is 9.23 Å². The fourth-order valence-corrected chi connectivity index (χ4v) is 3.13. The van der Waals surface area contributed by atoms with Crippen LogP contribution < -0.4 is 0 Å². The second-order valence-corrected chi connectivity index (χ2v) is 6.30. The van der Waals surface area contributed by atoms with Gasteiger partial charge in [0.1, 0.15) is 0 Å². The lowest BCUT2D eigenvalue weighted by atomic mass is 9.89. The number of hydrogen-bond donors (Lipinski definition) is 0. The largest absolute Gasteiger partial charge is 0.369 e. The van der Waals surface area contributed by atoms with Gasteiger partial charge in [0.25, 0.3) is 0 Å². The third kappa shape index (κ3) is 3.97. The van der Waals surface area contributed by atoms with Crippen LogP contribution in [-0.4, -0.2) is 11.4 Å². The van der Waals surface area contributed by atoms with E-state index in [9.17, 15) is 0 Å². The van der Waals surface area contributed by atoms with Gasteiger partial charge in [-0.3, -0.25) is 0 Å². The maximum absolute atomic E-state index is 6.22. The van der Waals surface area contributed by atoms with E-state index >= 15 is 0 Å². The fourth-order valence-electron chi connectivity index (χ4n) is 2.48. The van der Waals surface area contributed by atoms with E-state index in [0.29, 0.717) is 6.10 Å². The molecule has 0 radical (unpaired) electrons. The van der Waals surface area contributed by atoms with Gasteiger partial charge in [-0.25, -0.2) is 0 Å². The van der Waals surface area contributed by atoms with Crippen LogP contribution in [0.3, 0.4) is 0 Å². The molecule has 1 aromatic carbocycles. The summed E-state index contributed by atoms with van der Waals surface area (Å²) in [5.74, 6) is 0.864. The summed E-state index contributed by atoms with van der Waals surface area (Å²) >= 11 is 9.47. The van der Waals surface area contributed by atoms with E-state index in [1.54, 1.807) is 0 Å². The molecule has 1 nitrogen and oxygen atoms in total. The van der Waals surface area contributed by atoms with Crippen molar-refractivity contribution in [1.29, 1.82) is 0 Å². The van der Waals surface area contributed by atoms with Crippen LogP contribution in [0.4, 0.5) is 0 Å². The van der Waals surface area contributed by atoms with Crippen molar-refractivity contribution in [3.63, 3.8) is 0 Å². The van der Waals surface area contributed by atoms with Gasteiger partial charge in [0.2, 0.25) is 0 Å². The molecule has 1 atom stereocenters. The van der Waals surface area contributed by atoms with Gasteiger partial charge in [-0.1, -0.05) is 46.6 Å². The first-order valence-electron chi connectivity index (χ1n) is 6.66. The molecule has 1 fully saturated rings. The van der Waals surface area contributed by atoms with Crippen molar-refractivity contribution in [3.05, 3.63) is 34.9 Å². The van der Waals surface area contributed by atoms with Gasteiger partial charge in [0.05, 0.1) is 12.2 Å². The smallest absolute Gasteiger partial charge is 0.0925 e. The Morgan fingerprint density at radius 3 is 2.39 bits per heavy atom. The summed E-state index contributed by atoms with van der Waals surface area (Å²) in [5.41, 5.74) is 1.20. The molecule has 0 spiro atoms. The Kier molecular flexibility index (Phi) is 5.53. The van der Waals surface area contributed by atoms with Crippen LogP contribution in [0.15, 0.2) is 24.3 Å². The molecule has 0 amide bonds. The van der Waals surface area contributed by atoms with Crippen molar-refractivity contribution in [2.45, 2.75) is 44.8 Å². The molecule has 1 saturated carbocycles. The number of ether oxygens (including phenoxy) is 1. The number of hydrogen-bond acceptors (Lipinski definition) is 1. The van der Waals surface area contributed by atoms with Crippen molar-refractivity contribution in [3.8, 4) is 0 Å². The third-order valence-corrected chi connectivity index (χ3v) is 4.54.